The van der Waals surface area contributed by atoms with Crippen molar-refractivity contribution in [3.63, 3.8) is 0 Å². The van der Waals surface area contributed by atoms with Gasteiger partial charge in [0, 0.05) is 39.3 Å². The molecule has 0 aliphatic carbocycles. The molecule has 0 unspecified atom stereocenters. The summed E-state index contributed by atoms with van der Waals surface area (Å²) in [7, 11) is 5.99. The van der Waals surface area contributed by atoms with E-state index in [2.05, 4.69) is 31.9 Å². The number of nitrogens with zero attached hydrogens (tertiary/aromatic N) is 4. The van der Waals surface area contributed by atoms with Gasteiger partial charge >= 0.3 is 11.9 Å². The molecule has 0 bridgehead atoms. The SMILES string of the molecule is COC(=O)c1cccc(CN(CCN(Cc2cccc(OC)c2)Cc2cccc(C(=O)OC)n2)Cc2cccc(OC)c2)n1. The monoisotopic (exact) mass is 598 g/mol. The second-order valence-electron chi connectivity index (χ2n) is 10.1. The van der Waals surface area contributed by atoms with Gasteiger partial charge in [0.05, 0.1) is 39.8 Å². The van der Waals surface area contributed by atoms with E-state index in [0.717, 1.165) is 34.0 Å². The van der Waals surface area contributed by atoms with Gasteiger partial charge in [-0.25, -0.2) is 19.6 Å². The van der Waals surface area contributed by atoms with Crippen LogP contribution in [0.5, 0.6) is 11.5 Å². The summed E-state index contributed by atoms with van der Waals surface area (Å²) >= 11 is 0. The van der Waals surface area contributed by atoms with Crippen molar-refractivity contribution < 1.29 is 28.5 Å². The topological polar surface area (TPSA) is 103 Å². The number of hydrogen-bond donors (Lipinski definition) is 0. The molecule has 4 rings (SSSR count). The lowest BCUT2D eigenvalue weighted by Crippen LogP contribution is -2.34. The normalized spacial score (nSPS) is 11.0. The van der Waals surface area contributed by atoms with Crippen LogP contribution in [-0.2, 0) is 35.7 Å². The van der Waals surface area contributed by atoms with Gasteiger partial charge in [0.1, 0.15) is 22.9 Å². The van der Waals surface area contributed by atoms with E-state index in [4.69, 9.17) is 18.9 Å². The van der Waals surface area contributed by atoms with Gasteiger partial charge in [-0.05, 0) is 59.7 Å². The van der Waals surface area contributed by atoms with Gasteiger partial charge in [0.15, 0.2) is 0 Å². The number of esters is 2. The smallest absolute Gasteiger partial charge is 0.356 e. The molecule has 4 aromatic rings. The number of ether oxygens (including phenoxy) is 4. The third kappa shape index (κ3) is 9.35. The molecule has 0 aliphatic rings. The number of benzene rings is 2. The van der Waals surface area contributed by atoms with Crippen LogP contribution in [-0.4, -0.2) is 73.2 Å². The van der Waals surface area contributed by atoms with Gasteiger partial charge < -0.3 is 18.9 Å². The van der Waals surface area contributed by atoms with Crippen molar-refractivity contribution in [2.75, 3.05) is 41.5 Å². The van der Waals surface area contributed by atoms with E-state index in [1.165, 1.54) is 14.2 Å². The number of rotatable bonds is 15. The highest BCUT2D eigenvalue weighted by atomic mass is 16.5. The van der Waals surface area contributed by atoms with E-state index >= 15 is 0 Å². The zero-order chi connectivity index (χ0) is 31.3. The van der Waals surface area contributed by atoms with Gasteiger partial charge in [0.2, 0.25) is 0 Å². The lowest BCUT2D eigenvalue weighted by Gasteiger charge is -2.28. The fourth-order valence-corrected chi connectivity index (χ4v) is 4.80. The van der Waals surface area contributed by atoms with Gasteiger partial charge in [-0.2, -0.15) is 0 Å². The Labute approximate surface area is 258 Å². The average molecular weight is 599 g/mol. The first-order chi connectivity index (χ1) is 21.4. The Morgan fingerprint density at radius 3 is 1.36 bits per heavy atom. The second-order valence-corrected chi connectivity index (χ2v) is 10.1. The quantitative estimate of drug-likeness (QED) is 0.178. The number of pyridine rings is 2. The summed E-state index contributed by atoms with van der Waals surface area (Å²) < 4.78 is 20.7. The summed E-state index contributed by atoms with van der Waals surface area (Å²) in [6.07, 6.45) is 0. The number of methoxy groups -OCH3 is 4. The molecule has 2 heterocycles. The Hall–Kier alpha value is -4.80. The molecule has 230 valence electrons. The minimum atomic E-state index is -0.475. The lowest BCUT2D eigenvalue weighted by atomic mass is 10.1. The first-order valence-corrected chi connectivity index (χ1v) is 14.2. The first kappa shape index (κ1) is 32.1. The molecule has 44 heavy (non-hydrogen) atoms. The molecule has 0 spiro atoms. The highest BCUT2D eigenvalue weighted by molar-refractivity contribution is 5.87. The van der Waals surface area contributed by atoms with Crippen molar-refractivity contribution in [2.45, 2.75) is 26.2 Å². The fraction of sp³-hybridized carbons (Fsp3) is 0.294. The number of hydrogen-bond acceptors (Lipinski definition) is 10. The maximum Gasteiger partial charge on any atom is 0.356 e. The van der Waals surface area contributed by atoms with Crippen molar-refractivity contribution in [2.24, 2.45) is 0 Å². The maximum atomic E-state index is 12.1. The van der Waals surface area contributed by atoms with Crippen molar-refractivity contribution in [3.8, 4) is 11.5 Å². The Morgan fingerprint density at radius 2 is 0.977 bits per heavy atom. The second kappa shape index (κ2) is 16.2. The molecule has 0 radical (unpaired) electrons. The fourth-order valence-electron chi connectivity index (χ4n) is 4.80. The van der Waals surface area contributed by atoms with Crippen molar-refractivity contribution in [3.05, 3.63) is 119 Å². The van der Waals surface area contributed by atoms with Gasteiger partial charge in [-0.15, -0.1) is 0 Å². The van der Waals surface area contributed by atoms with Crippen molar-refractivity contribution in [1.29, 1.82) is 0 Å². The van der Waals surface area contributed by atoms with Crippen molar-refractivity contribution >= 4 is 11.9 Å². The van der Waals surface area contributed by atoms with E-state index in [-0.39, 0.29) is 11.4 Å². The zero-order valence-electron chi connectivity index (χ0n) is 25.6. The zero-order valence-corrected chi connectivity index (χ0v) is 25.6. The minimum Gasteiger partial charge on any atom is -0.497 e. The Bertz CT molecular complexity index is 1430. The van der Waals surface area contributed by atoms with Crippen LogP contribution in [0, 0.1) is 0 Å². The summed E-state index contributed by atoms with van der Waals surface area (Å²) in [6.45, 7) is 3.61. The molecule has 0 aliphatic heterocycles. The summed E-state index contributed by atoms with van der Waals surface area (Å²) in [5.74, 6) is 0.614. The van der Waals surface area contributed by atoms with E-state index in [1.54, 1.807) is 26.4 Å². The molecular weight excluding hydrogens is 560 g/mol. The molecule has 2 aromatic heterocycles. The van der Waals surface area contributed by atoms with E-state index in [1.807, 2.05) is 60.7 Å². The number of carbonyl (C=O) groups excluding carboxylic acids is 2. The Balaban J connectivity index is 1.59. The predicted octanol–water partition coefficient (Wildman–Crippen LogP) is 4.77. The predicted molar refractivity (Wildman–Crippen MR) is 165 cm³/mol. The maximum absolute atomic E-state index is 12.1. The van der Waals surface area contributed by atoms with Crippen LogP contribution < -0.4 is 9.47 Å². The van der Waals surface area contributed by atoms with Crippen LogP contribution in [0.25, 0.3) is 0 Å². The molecule has 10 heteroatoms. The van der Waals surface area contributed by atoms with E-state index in [0.29, 0.717) is 39.3 Å². The van der Waals surface area contributed by atoms with Crippen LogP contribution in [0.2, 0.25) is 0 Å². The largest absolute Gasteiger partial charge is 0.497 e. The van der Waals surface area contributed by atoms with Gasteiger partial charge in [-0.3, -0.25) is 9.80 Å². The van der Waals surface area contributed by atoms with Gasteiger partial charge in [0.25, 0.3) is 0 Å². The first-order valence-electron chi connectivity index (χ1n) is 14.2. The van der Waals surface area contributed by atoms with Crippen LogP contribution in [0.4, 0.5) is 0 Å². The number of carbonyl (C=O) groups is 2. The highest BCUT2D eigenvalue weighted by Crippen LogP contribution is 2.19. The Kier molecular flexibility index (Phi) is 11.8. The summed E-state index contributed by atoms with van der Waals surface area (Å²) in [5.41, 5.74) is 4.20. The molecular formula is C34H38N4O6. The highest BCUT2D eigenvalue weighted by Gasteiger charge is 2.16. The third-order valence-corrected chi connectivity index (χ3v) is 6.99. The summed E-state index contributed by atoms with van der Waals surface area (Å²) in [6, 6.07) is 26.6. The molecule has 10 nitrogen and oxygen atoms in total. The van der Waals surface area contributed by atoms with Crippen LogP contribution >= 0.6 is 0 Å². The van der Waals surface area contributed by atoms with Crippen LogP contribution in [0.15, 0.2) is 84.9 Å². The molecule has 0 atom stereocenters. The minimum absolute atomic E-state index is 0.266. The molecule has 0 N–H and O–H groups in total. The molecule has 0 saturated carbocycles. The molecule has 0 saturated heterocycles. The third-order valence-electron chi connectivity index (χ3n) is 6.99. The summed E-state index contributed by atoms with van der Waals surface area (Å²) in [4.78, 5) is 37.9. The van der Waals surface area contributed by atoms with Crippen molar-refractivity contribution in [1.82, 2.24) is 19.8 Å². The summed E-state index contributed by atoms with van der Waals surface area (Å²) in [5, 5.41) is 0. The average Bonchev–Trinajstić information content (AvgIpc) is 3.06. The van der Waals surface area contributed by atoms with E-state index < -0.39 is 11.9 Å². The molecule has 0 fully saturated rings. The molecule has 2 aromatic carbocycles. The van der Waals surface area contributed by atoms with Gasteiger partial charge in [-0.1, -0.05) is 36.4 Å². The van der Waals surface area contributed by atoms with Crippen LogP contribution in [0.1, 0.15) is 43.5 Å². The lowest BCUT2D eigenvalue weighted by molar-refractivity contribution is 0.0584. The molecule has 0 amide bonds. The Morgan fingerprint density at radius 1 is 0.568 bits per heavy atom. The standard InChI is InChI=1S/C34H38N4O6/c1-41-29-13-5-9-25(19-29)21-37(23-27-11-7-15-31(35-27)33(39)43-3)17-18-38(22-26-10-6-14-30(20-26)42-2)24-28-12-8-16-32(36-28)34(40)44-4/h5-16,19-20H,17-18,21-24H2,1-4H3. The number of aromatic nitrogens is 2. The van der Waals surface area contributed by atoms with E-state index in [9.17, 15) is 9.59 Å². The van der Waals surface area contributed by atoms with Crippen LogP contribution in [0.3, 0.4) is 0 Å².